The predicted molar refractivity (Wildman–Crippen MR) is 92.7 cm³/mol. The quantitative estimate of drug-likeness (QED) is 0.865. The van der Waals surface area contributed by atoms with Crippen LogP contribution in [0.4, 0.5) is 10.5 Å². The van der Waals surface area contributed by atoms with Crippen molar-refractivity contribution >= 4 is 33.1 Å². The van der Waals surface area contributed by atoms with Crippen LogP contribution in [0.1, 0.15) is 23.9 Å². The number of nitrogens with zero attached hydrogens (tertiary/aromatic N) is 2. The Bertz CT molecular complexity index is 846. The fourth-order valence-corrected chi connectivity index (χ4v) is 4.29. The van der Waals surface area contributed by atoms with Crippen LogP contribution in [0, 0.1) is 0 Å². The van der Waals surface area contributed by atoms with Gasteiger partial charge in [0, 0.05) is 23.2 Å². The van der Waals surface area contributed by atoms with Crippen LogP contribution in [-0.4, -0.2) is 42.3 Å². The third-order valence-electron chi connectivity index (χ3n) is 3.79. The fourth-order valence-electron chi connectivity index (χ4n) is 2.75. The van der Waals surface area contributed by atoms with E-state index in [1.54, 1.807) is 24.3 Å². The van der Waals surface area contributed by atoms with Crippen LogP contribution in [0.5, 0.6) is 0 Å². The molecule has 1 aromatic carbocycles. The minimum Gasteiger partial charge on any atom is -0.465 e. The summed E-state index contributed by atoms with van der Waals surface area (Å²) in [6.07, 6.45) is 1.82. The van der Waals surface area contributed by atoms with Gasteiger partial charge in [0.05, 0.1) is 18.0 Å². The lowest BCUT2D eigenvalue weighted by molar-refractivity contribution is 0.140. The van der Waals surface area contributed by atoms with E-state index in [0.29, 0.717) is 12.2 Å². The minimum atomic E-state index is -3.30. The summed E-state index contributed by atoms with van der Waals surface area (Å²) in [4.78, 5) is 17.3. The molecule has 0 aliphatic carbocycles. The molecule has 1 amide bonds. The SMILES string of the molecule is CS(=O)(=O)Nc1ccc(-c2csc([C@H]3CCCN3C(=O)O)n2)cc1. The van der Waals surface area contributed by atoms with Gasteiger partial charge < -0.3 is 5.11 Å². The van der Waals surface area contributed by atoms with Crippen molar-refractivity contribution in [1.29, 1.82) is 0 Å². The first-order valence-corrected chi connectivity index (χ1v) is 10.1. The number of hydrogen-bond acceptors (Lipinski definition) is 5. The second kappa shape index (κ2) is 6.40. The molecular formula is C15H17N3O4S2. The number of sulfonamides is 1. The Morgan fingerprint density at radius 3 is 2.71 bits per heavy atom. The van der Waals surface area contributed by atoms with E-state index < -0.39 is 16.1 Å². The summed E-state index contributed by atoms with van der Waals surface area (Å²) in [6.45, 7) is 0.542. The monoisotopic (exact) mass is 367 g/mol. The molecule has 2 aromatic rings. The first-order valence-electron chi connectivity index (χ1n) is 7.37. The molecule has 7 nitrogen and oxygen atoms in total. The van der Waals surface area contributed by atoms with Gasteiger partial charge in [-0.1, -0.05) is 12.1 Å². The summed E-state index contributed by atoms with van der Waals surface area (Å²) in [5.74, 6) is 0. The number of likely N-dealkylation sites (tertiary alicyclic amines) is 1. The summed E-state index contributed by atoms with van der Waals surface area (Å²) in [6, 6.07) is 6.75. The van der Waals surface area contributed by atoms with E-state index in [9.17, 15) is 18.3 Å². The van der Waals surface area contributed by atoms with Crippen molar-refractivity contribution in [3.63, 3.8) is 0 Å². The molecule has 1 atom stereocenters. The number of hydrogen-bond donors (Lipinski definition) is 2. The van der Waals surface area contributed by atoms with Gasteiger partial charge >= 0.3 is 6.09 Å². The lowest BCUT2D eigenvalue weighted by Gasteiger charge is -2.19. The van der Waals surface area contributed by atoms with Gasteiger partial charge in [-0.25, -0.2) is 18.2 Å². The molecule has 1 aliphatic rings. The van der Waals surface area contributed by atoms with Crippen molar-refractivity contribution in [3.8, 4) is 11.3 Å². The second-order valence-corrected chi connectivity index (χ2v) is 8.29. The molecule has 1 aliphatic heterocycles. The van der Waals surface area contributed by atoms with E-state index in [0.717, 1.165) is 35.4 Å². The van der Waals surface area contributed by atoms with Gasteiger partial charge in [0.25, 0.3) is 0 Å². The van der Waals surface area contributed by atoms with E-state index in [4.69, 9.17) is 0 Å². The zero-order valence-electron chi connectivity index (χ0n) is 13.0. The highest BCUT2D eigenvalue weighted by molar-refractivity contribution is 7.92. The molecule has 24 heavy (non-hydrogen) atoms. The molecule has 9 heteroatoms. The number of rotatable bonds is 4. The second-order valence-electron chi connectivity index (χ2n) is 5.66. The Morgan fingerprint density at radius 2 is 2.08 bits per heavy atom. The molecule has 0 saturated carbocycles. The Kier molecular flexibility index (Phi) is 4.46. The van der Waals surface area contributed by atoms with Gasteiger partial charge in [0.1, 0.15) is 5.01 Å². The zero-order valence-corrected chi connectivity index (χ0v) is 14.6. The van der Waals surface area contributed by atoms with E-state index in [2.05, 4.69) is 9.71 Å². The molecule has 1 saturated heterocycles. The van der Waals surface area contributed by atoms with E-state index in [1.165, 1.54) is 16.2 Å². The Hall–Kier alpha value is -2.13. The number of thiazole rings is 1. The fraction of sp³-hybridized carbons (Fsp3) is 0.333. The lowest BCUT2D eigenvalue weighted by Crippen LogP contribution is -2.28. The number of carboxylic acid groups (broad SMARTS) is 1. The predicted octanol–water partition coefficient (Wildman–Crippen LogP) is 3.00. The first-order chi connectivity index (χ1) is 11.3. The molecule has 2 N–H and O–H groups in total. The van der Waals surface area contributed by atoms with Gasteiger partial charge in [0.2, 0.25) is 10.0 Å². The van der Waals surface area contributed by atoms with Crippen LogP contribution in [0.15, 0.2) is 29.6 Å². The maximum atomic E-state index is 11.3. The topological polar surface area (TPSA) is 99.6 Å². The van der Waals surface area contributed by atoms with Crippen molar-refractivity contribution in [2.45, 2.75) is 18.9 Å². The van der Waals surface area contributed by atoms with Crippen LogP contribution >= 0.6 is 11.3 Å². The molecule has 128 valence electrons. The number of amides is 1. The average Bonchev–Trinajstić information content (AvgIpc) is 3.15. The summed E-state index contributed by atoms with van der Waals surface area (Å²) in [5, 5.41) is 11.9. The molecule has 0 unspecified atom stereocenters. The summed E-state index contributed by atoms with van der Waals surface area (Å²) >= 11 is 1.45. The molecule has 0 bridgehead atoms. The molecule has 0 radical (unpaired) electrons. The van der Waals surface area contributed by atoms with Gasteiger partial charge in [-0.3, -0.25) is 9.62 Å². The standard InChI is InChI=1S/C15H17N3O4S2/c1-24(21,22)17-11-6-4-10(5-7-11)12-9-23-14(16-12)13-3-2-8-18(13)15(19)20/h4-7,9,13,17H,2-3,8H2,1H3,(H,19,20)/t13-/m1/s1. The maximum Gasteiger partial charge on any atom is 0.407 e. The summed E-state index contributed by atoms with van der Waals surface area (Å²) < 4.78 is 24.8. The molecule has 2 heterocycles. The molecule has 0 spiro atoms. The van der Waals surface area contributed by atoms with Crippen LogP contribution in [0.3, 0.4) is 0 Å². The van der Waals surface area contributed by atoms with Gasteiger partial charge in [-0.2, -0.15) is 0 Å². The van der Waals surface area contributed by atoms with E-state index >= 15 is 0 Å². The van der Waals surface area contributed by atoms with Gasteiger partial charge in [-0.05, 0) is 25.0 Å². The van der Waals surface area contributed by atoms with Crippen LogP contribution in [0.25, 0.3) is 11.3 Å². The Morgan fingerprint density at radius 1 is 1.38 bits per heavy atom. The maximum absolute atomic E-state index is 11.3. The first kappa shape index (κ1) is 16.7. The third kappa shape index (κ3) is 3.68. The van der Waals surface area contributed by atoms with Crippen molar-refractivity contribution in [1.82, 2.24) is 9.88 Å². The number of nitrogens with one attached hydrogen (secondary N) is 1. The highest BCUT2D eigenvalue weighted by Crippen LogP contribution is 2.35. The van der Waals surface area contributed by atoms with Gasteiger partial charge in [-0.15, -0.1) is 11.3 Å². The van der Waals surface area contributed by atoms with Crippen molar-refractivity contribution < 1.29 is 18.3 Å². The number of carbonyl (C=O) groups is 1. The molecule has 1 aromatic heterocycles. The summed E-state index contributed by atoms with van der Waals surface area (Å²) in [7, 11) is -3.30. The highest BCUT2D eigenvalue weighted by atomic mass is 32.2. The Labute approximate surface area is 144 Å². The molecular weight excluding hydrogens is 350 g/mol. The van der Waals surface area contributed by atoms with Crippen LogP contribution < -0.4 is 4.72 Å². The average molecular weight is 367 g/mol. The van der Waals surface area contributed by atoms with E-state index in [-0.39, 0.29) is 6.04 Å². The minimum absolute atomic E-state index is 0.174. The summed E-state index contributed by atoms with van der Waals surface area (Å²) in [5.41, 5.74) is 2.11. The number of anilines is 1. The van der Waals surface area contributed by atoms with Gasteiger partial charge in [0.15, 0.2) is 0 Å². The largest absolute Gasteiger partial charge is 0.465 e. The van der Waals surface area contributed by atoms with Crippen molar-refractivity contribution in [2.75, 3.05) is 17.5 Å². The normalized spacial score (nSPS) is 17.9. The van der Waals surface area contributed by atoms with E-state index in [1.807, 2.05) is 5.38 Å². The highest BCUT2D eigenvalue weighted by Gasteiger charge is 2.31. The molecule has 3 rings (SSSR count). The molecule has 1 fully saturated rings. The number of benzene rings is 1. The van der Waals surface area contributed by atoms with Crippen LogP contribution in [-0.2, 0) is 10.0 Å². The zero-order chi connectivity index (χ0) is 17.3. The van der Waals surface area contributed by atoms with Crippen molar-refractivity contribution in [3.05, 3.63) is 34.7 Å². The number of aromatic nitrogens is 1. The smallest absolute Gasteiger partial charge is 0.407 e. The third-order valence-corrected chi connectivity index (χ3v) is 5.34. The lowest BCUT2D eigenvalue weighted by atomic mass is 10.1. The Balaban J connectivity index is 1.79. The van der Waals surface area contributed by atoms with Crippen LogP contribution in [0.2, 0.25) is 0 Å². The van der Waals surface area contributed by atoms with Crippen molar-refractivity contribution in [2.24, 2.45) is 0 Å².